The van der Waals surface area contributed by atoms with Crippen LogP contribution in [-0.4, -0.2) is 36.7 Å². The predicted octanol–water partition coefficient (Wildman–Crippen LogP) is 2.55. The molecule has 1 spiro atoms. The Bertz CT molecular complexity index is 806. The molecule has 2 bridgehead atoms. The lowest BCUT2D eigenvalue weighted by atomic mass is 9.77. The van der Waals surface area contributed by atoms with Crippen molar-refractivity contribution in [2.75, 3.05) is 18.1 Å². The van der Waals surface area contributed by atoms with Crippen molar-refractivity contribution in [3.05, 3.63) is 42.0 Å². The Morgan fingerprint density at radius 1 is 1.42 bits per heavy atom. The smallest absolute Gasteiger partial charge is 0.416 e. The zero-order valence-corrected chi connectivity index (χ0v) is 13.8. The fourth-order valence-electron chi connectivity index (χ4n) is 4.07. The van der Waals surface area contributed by atoms with Gasteiger partial charge < -0.3 is 14.4 Å². The second kappa shape index (κ2) is 5.57. The van der Waals surface area contributed by atoms with Gasteiger partial charge in [-0.15, -0.1) is 0 Å². The van der Waals surface area contributed by atoms with E-state index < -0.39 is 47.2 Å². The highest BCUT2D eigenvalue weighted by Crippen LogP contribution is 2.53. The molecule has 0 aromatic heterocycles. The molecule has 3 aliphatic heterocycles. The average Bonchev–Trinajstić information content (AvgIpc) is 3.23. The number of alkyl halides is 3. The molecule has 1 amide bonds. The fraction of sp³-hybridized carbons (Fsp3) is 0.444. The largest absolute Gasteiger partial charge is 0.466 e. The number of esters is 1. The predicted molar refractivity (Wildman–Crippen MR) is 84.2 cm³/mol. The van der Waals surface area contributed by atoms with Crippen molar-refractivity contribution in [3.63, 3.8) is 0 Å². The minimum absolute atomic E-state index is 0.0702. The molecular formula is C18H16F3NO4. The van der Waals surface area contributed by atoms with Crippen LogP contribution in [0.1, 0.15) is 12.5 Å². The maximum absolute atomic E-state index is 13.0. The maximum atomic E-state index is 13.0. The van der Waals surface area contributed by atoms with Crippen molar-refractivity contribution in [1.29, 1.82) is 0 Å². The molecule has 0 radical (unpaired) electrons. The van der Waals surface area contributed by atoms with E-state index in [1.165, 1.54) is 17.0 Å². The Morgan fingerprint density at radius 2 is 2.19 bits per heavy atom. The molecule has 3 aliphatic rings. The highest BCUT2D eigenvalue weighted by Gasteiger charge is 2.67. The van der Waals surface area contributed by atoms with Crippen LogP contribution in [0.4, 0.5) is 18.9 Å². The number of anilines is 1. The first kappa shape index (κ1) is 17.1. The van der Waals surface area contributed by atoms with Crippen LogP contribution >= 0.6 is 0 Å². The highest BCUT2D eigenvalue weighted by atomic mass is 19.4. The summed E-state index contributed by atoms with van der Waals surface area (Å²) in [6.07, 6.45) is -1.58. The quantitative estimate of drug-likeness (QED) is 0.609. The van der Waals surface area contributed by atoms with Crippen LogP contribution in [0, 0.1) is 11.8 Å². The van der Waals surface area contributed by atoms with E-state index in [1.54, 1.807) is 19.1 Å². The molecule has 5 nitrogen and oxygen atoms in total. The molecule has 8 heteroatoms. The van der Waals surface area contributed by atoms with Gasteiger partial charge in [0.2, 0.25) is 5.91 Å². The number of carbonyl (C=O) groups excluding carboxylic acids is 2. The molecule has 26 heavy (non-hydrogen) atoms. The van der Waals surface area contributed by atoms with Gasteiger partial charge in [-0.25, -0.2) is 0 Å². The average molecular weight is 367 g/mol. The summed E-state index contributed by atoms with van der Waals surface area (Å²) in [6.45, 7) is 1.92. The second-order valence-corrected chi connectivity index (χ2v) is 6.62. The molecule has 2 saturated heterocycles. The minimum Gasteiger partial charge on any atom is -0.466 e. The van der Waals surface area contributed by atoms with E-state index in [2.05, 4.69) is 0 Å². The van der Waals surface area contributed by atoms with Gasteiger partial charge in [0.1, 0.15) is 11.5 Å². The van der Waals surface area contributed by atoms with Crippen LogP contribution < -0.4 is 4.90 Å². The molecule has 0 unspecified atom stereocenters. The number of amides is 1. The number of ether oxygens (including phenoxy) is 2. The topological polar surface area (TPSA) is 55.8 Å². The van der Waals surface area contributed by atoms with E-state index >= 15 is 0 Å². The third kappa shape index (κ3) is 2.35. The summed E-state index contributed by atoms with van der Waals surface area (Å²) in [6, 6.07) is 4.59. The SMILES string of the molecule is CCOC(=O)[C@@H]1[C@H]2C(=O)N(c3cccc(C(F)(F)F)c3)C[C@@]23C=C[C@H]1O3. The second-order valence-electron chi connectivity index (χ2n) is 6.62. The van der Waals surface area contributed by atoms with Crippen LogP contribution in [0.3, 0.4) is 0 Å². The molecule has 0 saturated carbocycles. The molecule has 0 aliphatic carbocycles. The molecule has 1 aromatic rings. The first-order valence-electron chi connectivity index (χ1n) is 8.29. The number of hydrogen-bond donors (Lipinski definition) is 0. The monoisotopic (exact) mass is 367 g/mol. The van der Waals surface area contributed by atoms with Crippen LogP contribution in [-0.2, 0) is 25.2 Å². The van der Waals surface area contributed by atoms with Crippen molar-refractivity contribution in [3.8, 4) is 0 Å². The summed E-state index contributed by atoms with van der Waals surface area (Å²) < 4.78 is 49.9. The van der Waals surface area contributed by atoms with Gasteiger partial charge >= 0.3 is 12.1 Å². The number of nitrogens with zero attached hydrogens (tertiary/aromatic N) is 1. The van der Waals surface area contributed by atoms with Crippen LogP contribution in [0.15, 0.2) is 36.4 Å². The molecule has 2 fully saturated rings. The van der Waals surface area contributed by atoms with Crippen LogP contribution in [0.5, 0.6) is 0 Å². The van der Waals surface area contributed by atoms with Gasteiger partial charge in [0.15, 0.2) is 0 Å². The zero-order chi connectivity index (χ0) is 18.7. The van der Waals surface area contributed by atoms with Gasteiger partial charge in [0, 0.05) is 5.69 Å². The van der Waals surface area contributed by atoms with E-state index in [0.717, 1.165) is 12.1 Å². The van der Waals surface area contributed by atoms with Gasteiger partial charge in [-0.2, -0.15) is 13.2 Å². The lowest BCUT2D eigenvalue weighted by Gasteiger charge is -2.22. The number of benzene rings is 1. The highest BCUT2D eigenvalue weighted by molar-refractivity contribution is 6.02. The van der Waals surface area contributed by atoms with Gasteiger partial charge in [0.25, 0.3) is 0 Å². The number of rotatable bonds is 3. The number of carbonyl (C=O) groups is 2. The van der Waals surface area contributed by atoms with Crippen molar-refractivity contribution >= 4 is 17.6 Å². The van der Waals surface area contributed by atoms with Crippen molar-refractivity contribution in [1.82, 2.24) is 0 Å². The third-order valence-electron chi connectivity index (χ3n) is 5.14. The molecule has 138 valence electrons. The normalized spacial score (nSPS) is 32.2. The van der Waals surface area contributed by atoms with Gasteiger partial charge in [-0.05, 0) is 25.1 Å². The van der Waals surface area contributed by atoms with Crippen molar-refractivity contribution in [2.45, 2.75) is 24.8 Å². The fourth-order valence-corrected chi connectivity index (χ4v) is 4.07. The molecule has 0 N–H and O–H groups in total. The lowest BCUT2D eigenvalue weighted by molar-refractivity contribution is -0.151. The van der Waals surface area contributed by atoms with Crippen LogP contribution in [0.2, 0.25) is 0 Å². The van der Waals surface area contributed by atoms with Gasteiger partial charge in [0.05, 0.1) is 30.7 Å². The molecule has 3 heterocycles. The van der Waals surface area contributed by atoms with E-state index in [0.29, 0.717) is 0 Å². The Morgan fingerprint density at radius 3 is 2.88 bits per heavy atom. The van der Waals surface area contributed by atoms with E-state index in [-0.39, 0.29) is 18.8 Å². The summed E-state index contributed by atoms with van der Waals surface area (Å²) in [4.78, 5) is 26.5. The Kier molecular flexibility index (Phi) is 3.66. The van der Waals surface area contributed by atoms with E-state index in [9.17, 15) is 22.8 Å². The Balaban J connectivity index is 1.68. The first-order valence-corrected chi connectivity index (χ1v) is 8.29. The van der Waals surface area contributed by atoms with Gasteiger partial charge in [-0.3, -0.25) is 9.59 Å². The van der Waals surface area contributed by atoms with E-state index in [1.807, 2.05) is 0 Å². The summed E-state index contributed by atoms with van der Waals surface area (Å²) in [5.41, 5.74) is -1.69. The molecular weight excluding hydrogens is 351 g/mol. The van der Waals surface area contributed by atoms with Crippen molar-refractivity contribution < 1.29 is 32.2 Å². The summed E-state index contributed by atoms with van der Waals surface area (Å²) in [7, 11) is 0. The molecule has 1 aromatic carbocycles. The number of halogens is 3. The van der Waals surface area contributed by atoms with Crippen molar-refractivity contribution in [2.24, 2.45) is 11.8 Å². The van der Waals surface area contributed by atoms with Gasteiger partial charge in [-0.1, -0.05) is 18.2 Å². The Labute approximate surface area is 147 Å². The lowest BCUT2D eigenvalue weighted by Crippen LogP contribution is -2.40. The zero-order valence-electron chi connectivity index (χ0n) is 13.8. The third-order valence-corrected chi connectivity index (χ3v) is 5.14. The molecule has 4 atom stereocenters. The molecule has 4 rings (SSSR count). The number of hydrogen-bond acceptors (Lipinski definition) is 4. The standard InChI is InChI=1S/C18H16F3NO4/c1-2-25-16(24)13-12-6-7-17(26-12)9-22(15(23)14(13)17)11-5-3-4-10(8-11)18(19,20)21/h3-8,12-14H,2,9H2,1H3/t12-,13+,14+,17+/m1/s1. The summed E-state index contributed by atoms with van der Waals surface area (Å²) >= 11 is 0. The van der Waals surface area contributed by atoms with Crippen LogP contribution in [0.25, 0.3) is 0 Å². The first-order chi connectivity index (χ1) is 12.3. The van der Waals surface area contributed by atoms with E-state index in [4.69, 9.17) is 9.47 Å². The minimum atomic E-state index is -4.50. The Hall–Kier alpha value is -2.35. The summed E-state index contributed by atoms with van der Waals surface area (Å²) in [5.74, 6) is -2.50. The number of fused-ring (bicyclic) bond motifs is 1. The maximum Gasteiger partial charge on any atom is 0.416 e. The summed E-state index contributed by atoms with van der Waals surface area (Å²) in [5, 5.41) is 0.